The molecule has 1 fully saturated rings. The number of ether oxygens (including phenoxy) is 1. The quantitative estimate of drug-likeness (QED) is 0.788. The topological polar surface area (TPSA) is 53.1 Å². The Morgan fingerprint density at radius 3 is 2.48 bits per heavy atom. The average molecular weight is 341 g/mol. The number of methoxy groups -OCH3 is 1. The highest BCUT2D eigenvalue weighted by atomic mass is 32.2. The summed E-state index contributed by atoms with van der Waals surface area (Å²) in [5, 5.41) is 0. The SMILES string of the molecule is CCN(CC)S(=O)(=O)N1CCN(C)[C@@H](c2ccccc2OC)C1. The molecule has 130 valence electrons. The Bertz CT molecular complexity index is 617. The van der Waals surface area contributed by atoms with Crippen molar-refractivity contribution in [1.82, 2.24) is 13.5 Å². The number of hydrogen-bond acceptors (Lipinski definition) is 4. The summed E-state index contributed by atoms with van der Waals surface area (Å²) in [5.41, 5.74) is 1.02. The highest BCUT2D eigenvalue weighted by Gasteiger charge is 2.35. The van der Waals surface area contributed by atoms with Crippen LogP contribution in [0.2, 0.25) is 0 Å². The van der Waals surface area contributed by atoms with E-state index in [4.69, 9.17) is 4.74 Å². The normalized spacial score (nSPS) is 20.8. The van der Waals surface area contributed by atoms with Crippen LogP contribution < -0.4 is 4.74 Å². The van der Waals surface area contributed by atoms with Gasteiger partial charge in [-0.1, -0.05) is 32.0 Å². The van der Waals surface area contributed by atoms with E-state index in [1.54, 1.807) is 11.4 Å². The lowest BCUT2D eigenvalue weighted by molar-refractivity contribution is 0.140. The van der Waals surface area contributed by atoms with E-state index in [0.717, 1.165) is 11.3 Å². The van der Waals surface area contributed by atoms with Crippen molar-refractivity contribution in [2.45, 2.75) is 19.9 Å². The molecule has 0 amide bonds. The molecule has 0 saturated carbocycles. The molecule has 0 aliphatic carbocycles. The van der Waals surface area contributed by atoms with Crippen LogP contribution in [0.15, 0.2) is 24.3 Å². The van der Waals surface area contributed by atoms with Crippen molar-refractivity contribution in [2.75, 3.05) is 46.9 Å². The highest BCUT2D eigenvalue weighted by Crippen LogP contribution is 2.32. The van der Waals surface area contributed by atoms with Gasteiger partial charge in [-0.25, -0.2) is 0 Å². The molecule has 0 bridgehead atoms. The standard InChI is InChI=1S/C16H27N3O3S/c1-5-18(6-2)23(20,21)19-12-11-17(3)15(13-19)14-9-7-8-10-16(14)22-4/h7-10,15H,5-6,11-13H2,1-4H3/t15-/m1/s1. The summed E-state index contributed by atoms with van der Waals surface area (Å²) in [6, 6.07) is 7.80. The van der Waals surface area contributed by atoms with Crippen molar-refractivity contribution in [2.24, 2.45) is 0 Å². The molecular weight excluding hydrogens is 314 g/mol. The summed E-state index contributed by atoms with van der Waals surface area (Å²) in [7, 11) is 0.262. The lowest BCUT2D eigenvalue weighted by Crippen LogP contribution is -2.53. The van der Waals surface area contributed by atoms with Crippen LogP contribution in [0.4, 0.5) is 0 Å². The highest BCUT2D eigenvalue weighted by molar-refractivity contribution is 7.86. The Balaban J connectivity index is 2.29. The molecule has 1 heterocycles. The number of likely N-dealkylation sites (N-methyl/N-ethyl adjacent to an activating group) is 1. The van der Waals surface area contributed by atoms with Crippen LogP contribution in [0.3, 0.4) is 0 Å². The zero-order valence-electron chi connectivity index (χ0n) is 14.4. The van der Waals surface area contributed by atoms with E-state index in [9.17, 15) is 8.42 Å². The monoisotopic (exact) mass is 341 g/mol. The second-order valence-electron chi connectivity index (χ2n) is 5.69. The van der Waals surface area contributed by atoms with Crippen molar-refractivity contribution in [3.63, 3.8) is 0 Å². The molecule has 1 aliphatic rings. The van der Waals surface area contributed by atoms with Crippen LogP contribution in [0.1, 0.15) is 25.5 Å². The fourth-order valence-electron chi connectivity index (χ4n) is 3.05. The van der Waals surface area contributed by atoms with E-state index < -0.39 is 10.2 Å². The summed E-state index contributed by atoms with van der Waals surface area (Å²) in [4.78, 5) is 2.19. The molecule has 7 heteroatoms. The zero-order valence-corrected chi connectivity index (χ0v) is 15.2. The van der Waals surface area contributed by atoms with Gasteiger partial charge in [-0.15, -0.1) is 0 Å². The van der Waals surface area contributed by atoms with Crippen LogP contribution >= 0.6 is 0 Å². The number of para-hydroxylation sites is 1. The third kappa shape index (κ3) is 3.68. The van der Waals surface area contributed by atoms with Gasteiger partial charge in [0.05, 0.1) is 13.2 Å². The van der Waals surface area contributed by atoms with Gasteiger partial charge in [0.1, 0.15) is 5.75 Å². The van der Waals surface area contributed by atoms with E-state index in [1.165, 1.54) is 4.31 Å². The van der Waals surface area contributed by atoms with Crippen LogP contribution in [0, 0.1) is 0 Å². The summed E-state index contributed by atoms with van der Waals surface area (Å²) in [6.07, 6.45) is 0. The first-order valence-electron chi connectivity index (χ1n) is 8.04. The van der Waals surface area contributed by atoms with Gasteiger partial charge in [0.2, 0.25) is 0 Å². The Morgan fingerprint density at radius 2 is 1.87 bits per heavy atom. The predicted molar refractivity (Wildman–Crippen MR) is 91.8 cm³/mol. The number of piperazine rings is 1. The molecule has 0 unspecified atom stereocenters. The number of benzene rings is 1. The van der Waals surface area contributed by atoms with Gasteiger partial charge in [-0.05, 0) is 13.1 Å². The summed E-state index contributed by atoms with van der Waals surface area (Å²) < 4.78 is 34.1. The van der Waals surface area contributed by atoms with E-state index in [-0.39, 0.29) is 6.04 Å². The fourth-order valence-corrected chi connectivity index (χ4v) is 4.67. The van der Waals surface area contributed by atoms with Gasteiger partial charge < -0.3 is 4.74 Å². The van der Waals surface area contributed by atoms with Gasteiger partial charge in [0, 0.05) is 38.3 Å². The lowest BCUT2D eigenvalue weighted by Gasteiger charge is -2.40. The second-order valence-corrected chi connectivity index (χ2v) is 7.62. The van der Waals surface area contributed by atoms with Crippen LogP contribution in [0.5, 0.6) is 5.75 Å². The molecular formula is C16H27N3O3S. The van der Waals surface area contributed by atoms with E-state index in [0.29, 0.717) is 32.7 Å². The Morgan fingerprint density at radius 1 is 1.22 bits per heavy atom. The number of hydrogen-bond donors (Lipinski definition) is 0. The van der Waals surface area contributed by atoms with Gasteiger partial charge in [-0.3, -0.25) is 4.90 Å². The zero-order chi connectivity index (χ0) is 17.0. The molecule has 23 heavy (non-hydrogen) atoms. The minimum atomic E-state index is -3.41. The molecule has 1 aliphatic heterocycles. The molecule has 6 nitrogen and oxygen atoms in total. The van der Waals surface area contributed by atoms with Crippen molar-refractivity contribution in [3.8, 4) is 5.75 Å². The Hall–Kier alpha value is -1.15. The maximum Gasteiger partial charge on any atom is 0.282 e. The van der Waals surface area contributed by atoms with Gasteiger partial charge in [0.15, 0.2) is 0 Å². The van der Waals surface area contributed by atoms with Crippen molar-refractivity contribution >= 4 is 10.2 Å². The first-order valence-corrected chi connectivity index (χ1v) is 9.43. The minimum absolute atomic E-state index is 0.00904. The summed E-state index contributed by atoms with van der Waals surface area (Å²) >= 11 is 0. The maximum absolute atomic E-state index is 12.8. The molecule has 0 N–H and O–H groups in total. The molecule has 1 atom stereocenters. The number of rotatable bonds is 6. The van der Waals surface area contributed by atoms with Crippen molar-refractivity contribution in [3.05, 3.63) is 29.8 Å². The van der Waals surface area contributed by atoms with Crippen molar-refractivity contribution < 1.29 is 13.2 Å². The molecule has 1 aromatic carbocycles. The first kappa shape index (κ1) is 18.2. The first-order chi connectivity index (χ1) is 11.0. The van der Waals surface area contributed by atoms with E-state index in [1.807, 2.05) is 45.2 Å². The second kappa shape index (κ2) is 7.61. The van der Waals surface area contributed by atoms with E-state index >= 15 is 0 Å². The third-order valence-corrected chi connectivity index (χ3v) is 6.62. The minimum Gasteiger partial charge on any atom is -0.496 e. The molecule has 1 aromatic rings. The summed E-state index contributed by atoms with van der Waals surface area (Å²) in [6.45, 7) is 6.37. The van der Waals surface area contributed by atoms with E-state index in [2.05, 4.69) is 4.90 Å². The van der Waals surface area contributed by atoms with Crippen LogP contribution in [0.25, 0.3) is 0 Å². The van der Waals surface area contributed by atoms with Gasteiger partial charge in [-0.2, -0.15) is 17.0 Å². The molecule has 1 saturated heterocycles. The largest absolute Gasteiger partial charge is 0.496 e. The predicted octanol–water partition coefficient (Wildman–Crippen LogP) is 1.57. The molecule has 0 spiro atoms. The average Bonchev–Trinajstić information content (AvgIpc) is 2.56. The van der Waals surface area contributed by atoms with Gasteiger partial charge in [0.25, 0.3) is 10.2 Å². The molecule has 0 aromatic heterocycles. The third-order valence-electron chi connectivity index (χ3n) is 4.47. The van der Waals surface area contributed by atoms with Gasteiger partial charge >= 0.3 is 0 Å². The Labute approximate surface area is 139 Å². The van der Waals surface area contributed by atoms with Crippen LogP contribution in [-0.4, -0.2) is 68.8 Å². The summed E-state index contributed by atoms with van der Waals surface area (Å²) in [5.74, 6) is 0.798. The molecule has 2 rings (SSSR count). The van der Waals surface area contributed by atoms with Crippen molar-refractivity contribution in [1.29, 1.82) is 0 Å². The fraction of sp³-hybridized carbons (Fsp3) is 0.625. The van der Waals surface area contributed by atoms with Crippen LogP contribution in [-0.2, 0) is 10.2 Å². The maximum atomic E-state index is 12.8. The number of nitrogens with zero attached hydrogens (tertiary/aromatic N) is 3. The lowest BCUT2D eigenvalue weighted by atomic mass is 10.0. The smallest absolute Gasteiger partial charge is 0.282 e. The Kier molecular flexibility index (Phi) is 6.02. The molecule has 0 radical (unpaired) electrons.